The van der Waals surface area contributed by atoms with Gasteiger partial charge in [0.2, 0.25) is 0 Å². The summed E-state index contributed by atoms with van der Waals surface area (Å²) in [5.41, 5.74) is 2.85. The number of aromatic amines is 1. The number of rotatable bonds is 2. The Morgan fingerprint density at radius 3 is 2.52 bits per heavy atom. The molecule has 0 atom stereocenters. The Bertz CT molecular complexity index is 909. The zero-order valence-corrected chi connectivity index (χ0v) is 15.3. The second-order valence-corrected chi connectivity index (χ2v) is 7.49. The molecule has 25 heavy (non-hydrogen) atoms. The summed E-state index contributed by atoms with van der Waals surface area (Å²) < 4.78 is 0.996. The summed E-state index contributed by atoms with van der Waals surface area (Å²) in [6, 6.07) is 15.3. The maximum Gasteiger partial charge on any atom is 0.270 e. The number of phenolic OH excluding ortho intramolecular Hbond substituents is 1. The lowest BCUT2D eigenvalue weighted by Gasteiger charge is -2.32. The van der Waals surface area contributed by atoms with Gasteiger partial charge in [0.05, 0.1) is 0 Å². The van der Waals surface area contributed by atoms with Crippen LogP contribution in [0.5, 0.6) is 5.75 Å². The number of amides is 1. The zero-order valence-electron chi connectivity index (χ0n) is 13.7. The predicted octanol–water partition coefficient (Wildman–Crippen LogP) is 4.66. The molecule has 128 valence electrons. The Balaban J connectivity index is 1.46. The van der Waals surface area contributed by atoms with Crippen molar-refractivity contribution in [1.82, 2.24) is 9.88 Å². The van der Waals surface area contributed by atoms with Crippen molar-refractivity contribution in [2.45, 2.75) is 18.8 Å². The number of aromatic nitrogens is 1. The molecule has 0 saturated carbocycles. The number of nitrogens with zero attached hydrogens (tertiary/aromatic N) is 1. The van der Waals surface area contributed by atoms with Crippen molar-refractivity contribution < 1.29 is 9.90 Å². The van der Waals surface area contributed by atoms with Gasteiger partial charge in [-0.15, -0.1) is 0 Å². The lowest BCUT2D eigenvalue weighted by atomic mass is 9.89. The molecule has 0 bridgehead atoms. The molecule has 0 spiro atoms. The molecule has 1 fully saturated rings. The fourth-order valence-electron chi connectivity index (χ4n) is 3.55. The molecule has 4 rings (SSSR count). The van der Waals surface area contributed by atoms with Gasteiger partial charge in [-0.2, -0.15) is 0 Å². The Morgan fingerprint density at radius 2 is 1.80 bits per heavy atom. The molecule has 1 aliphatic rings. The Morgan fingerprint density at radius 1 is 1.08 bits per heavy atom. The molecule has 0 unspecified atom stereocenters. The molecule has 5 heteroatoms. The van der Waals surface area contributed by atoms with E-state index >= 15 is 0 Å². The maximum absolute atomic E-state index is 12.8. The number of piperidine rings is 1. The number of fused-ring (bicyclic) bond motifs is 1. The lowest BCUT2D eigenvalue weighted by Crippen LogP contribution is -2.38. The normalized spacial score (nSPS) is 15.6. The lowest BCUT2D eigenvalue weighted by molar-refractivity contribution is 0.0708. The van der Waals surface area contributed by atoms with Gasteiger partial charge >= 0.3 is 0 Å². The Hall–Kier alpha value is -2.27. The molecular weight excluding hydrogens is 380 g/mol. The summed E-state index contributed by atoms with van der Waals surface area (Å²) in [7, 11) is 0. The van der Waals surface area contributed by atoms with Gasteiger partial charge in [0.1, 0.15) is 11.4 Å². The van der Waals surface area contributed by atoms with E-state index < -0.39 is 0 Å². The van der Waals surface area contributed by atoms with Gasteiger partial charge < -0.3 is 15.0 Å². The van der Waals surface area contributed by atoms with Crippen molar-refractivity contribution in [1.29, 1.82) is 0 Å². The third-order valence-corrected chi connectivity index (χ3v) is 5.45. The molecule has 3 aromatic rings. The van der Waals surface area contributed by atoms with E-state index in [0.717, 1.165) is 41.3 Å². The van der Waals surface area contributed by atoms with Crippen molar-refractivity contribution in [2.24, 2.45) is 0 Å². The minimum absolute atomic E-state index is 0.0662. The smallest absolute Gasteiger partial charge is 0.270 e. The number of nitrogens with one attached hydrogen (secondary N) is 1. The Labute approximate surface area is 154 Å². The van der Waals surface area contributed by atoms with E-state index in [1.54, 1.807) is 12.1 Å². The van der Waals surface area contributed by atoms with Crippen LogP contribution in [0, 0.1) is 0 Å². The molecule has 1 aromatic heterocycles. The summed E-state index contributed by atoms with van der Waals surface area (Å²) in [5.74, 6) is 0.807. The van der Waals surface area contributed by atoms with Crippen LogP contribution >= 0.6 is 15.9 Å². The standard InChI is InChI=1S/C20H19BrN2O2/c21-16-4-1-15-11-19(22-18(15)12-16)20(25)23-9-7-14(8-10-23)13-2-5-17(24)6-3-13/h1-6,11-12,14,22,24H,7-10H2. The summed E-state index contributed by atoms with van der Waals surface area (Å²) in [6.45, 7) is 1.51. The van der Waals surface area contributed by atoms with Crippen LogP contribution in [0.2, 0.25) is 0 Å². The molecule has 2 heterocycles. The van der Waals surface area contributed by atoms with E-state index in [1.165, 1.54) is 5.56 Å². The molecule has 1 amide bonds. The van der Waals surface area contributed by atoms with E-state index in [1.807, 2.05) is 41.3 Å². The average molecular weight is 399 g/mol. The van der Waals surface area contributed by atoms with E-state index in [9.17, 15) is 9.90 Å². The highest BCUT2D eigenvalue weighted by Gasteiger charge is 2.25. The number of halogens is 1. The van der Waals surface area contributed by atoms with Gasteiger partial charge in [0.15, 0.2) is 0 Å². The topological polar surface area (TPSA) is 56.3 Å². The van der Waals surface area contributed by atoms with Gasteiger partial charge in [-0.1, -0.05) is 34.1 Å². The predicted molar refractivity (Wildman–Crippen MR) is 102 cm³/mol. The van der Waals surface area contributed by atoms with E-state index in [4.69, 9.17) is 0 Å². The highest BCUT2D eigenvalue weighted by Crippen LogP contribution is 2.30. The average Bonchev–Trinajstić information content (AvgIpc) is 3.05. The number of benzene rings is 2. The van der Waals surface area contributed by atoms with Crippen molar-refractivity contribution in [3.05, 3.63) is 64.3 Å². The number of carbonyl (C=O) groups is 1. The minimum atomic E-state index is 0.0662. The number of aromatic hydroxyl groups is 1. The van der Waals surface area contributed by atoms with Crippen LogP contribution in [0.4, 0.5) is 0 Å². The maximum atomic E-state index is 12.8. The molecular formula is C20H19BrN2O2. The highest BCUT2D eigenvalue weighted by atomic mass is 79.9. The number of hydrogen-bond donors (Lipinski definition) is 2. The first kappa shape index (κ1) is 16.2. The third-order valence-electron chi connectivity index (χ3n) is 4.96. The number of hydrogen-bond acceptors (Lipinski definition) is 2. The number of phenols is 1. The second kappa shape index (κ2) is 6.56. The summed E-state index contributed by atoms with van der Waals surface area (Å²) >= 11 is 3.46. The van der Waals surface area contributed by atoms with Crippen LogP contribution in [0.15, 0.2) is 53.0 Å². The van der Waals surface area contributed by atoms with Gasteiger partial charge in [-0.05, 0) is 54.7 Å². The number of carbonyl (C=O) groups excluding carboxylic acids is 1. The molecule has 2 N–H and O–H groups in total. The number of likely N-dealkylation sites (tertiary alicyclic amines) is 1. The SMILES string of the molecule is O=C(c1cc2ccc(Br)cc2[nH]1)N1CCC(c2ccc(O)cc2)CC1. The van der Waals surface area contributed by atoms with E-state index in [2.05, 4.69) is 20.9 Å². The fourth-order valence-corrected chi connectivity index (χ4v) is 3.91. The molecule has 0 radical (unpaired) electrons. The summed E-state index contributed by atoms with van der Waals surface area (Å²) in [6.07, 6.45) is 1.89. The van der Waals surface area contributed by atoms with Gasteiger partial charge in [-0.25, -0.2) is 0 Å². The Kier molecular flexibility index (Phi) is 4.25. The first-order valence-corrected chi connectivity index (χ1v) is 9.26. The third kappa shape index (κ3) is 3.29. The summed E-state index contributed by atoms with van der Waals surface area (Å²) in [5, 5.41) is 10.5. The molecule has 0 aliphatic carbocycles. The first-order valence-electron chi connectivity index (χ1n) is 8.46. The molecule has 1 saturated heterocycles. The van der Waals surface area contributed by atoms with Crippen LogP contribution in [-0.2, 0) is 0 Å². The fraction of sp³-hybridized carbons (Fsp3) is 0.250. The van der Waals surface area contributed by atoms with Crippen molar-refractivity contribution in [2.75, 3.05) is 13.1 Å². The number of H-pyrrole nitrogens is 1. The van der Waals surface area contributed by atoms with Crippen LogP contribution in [0.25, 0.3) is 10.9 Å². The molecule has 1 aliphatic heterocycles. The molecule has 4 nitrogen and oxygen atoms in total. The first-order chi connectivity index (χ1) is 12.1. The second-order valence-electron chi connectivity index (χ2n) is 6.57. The minimum Gasteiger partial charge on any atom is -0.508 e. The highest BCUT2D eigenvalue weighted by molar-refractivity contribution is 9.10. The van der Waals surface area contributed by atoms with Gasteiger partial charge in [0.25, 0.3) is 5.91 Å². The van der Waals surface area contributed by atoms with E-state index in [-0.39, 0.29) is 5.91 Å². The van der Waals surface area contributed by atoms with Crippen LogP contribution in [0.3, 0.4) is 0 Å². The summed E-state index contributed by atoms with van der Waals surface area (Å²) in [4.78, 5) is 18.0. The van der Waals surface area contributed by atoms with Crippen molar-refractivity contribution in [3.8, 4) is 5.75 Å². The molecule has 2 aromatic carbocycles. The van der Waals surface area contributed by atoms with Gasteiger partial charge in [0, 0.05) is 28.5 Å². The van der Waals surface area contributed by atoms with Crippen LogP contribution < -0.4 is 0 Å². The zero-order chi connectivity index (χ0) is 17.4. The van der Waals surface area contributed by atoms with Crippen molar-refractivity contribution >= 4 is 32.7 Å². The monoisotopic (exact) mass is 398 g/mol. The largest absolute Gasteiger partial charge is 0.508 e. The van der Waals surface area contributed by atoms with E-state index in [0.29, 0.717) is 17.4 Å². The van der Waals surface area contributed by atoms with Crippen LogP contribution in [-0.4, -0.2) is 34.0 Å². The van der Waals surface area contributed by atoms with Crippen LogP contribution in [0.1, 0.15) is 34.8 Å². The van der Waals surface area contributed by atoms with Gasteiger partial charge in [-0.3, -0.25) is 4.79 Å². The van der Waals surface area contributed by atoms with Crippen molar-refractivity contribution in [3.63, 3.8) is 0 Å². The quantitative estimate of drug-likeness (QED) is 0.659.